The second-order valence-electron chi connectivity index (χ2n) is 7.82. The monoisotopic (exact) mass is 408 g/mol. The van der Waals surface area contributed by atoms with Crippen molar-refractivity contribution >= 4 is 17.4 Å². The maximum atomic E-state index is 14.6. The second-order valence-corrected chi connectivity index (χ2v) is 7.82. The normalized spacial score (nSPS) is 14.6. The highest BCUT2D eigenvalue weighted by molar-refractivity contribution is 6.20. The number of halogens is 1. The minimum Gasteiger partial charge on any atom is -0.355 e. The van der Waals surface area contributed by atoms with Gasteiger partial charge in [-0.1, -0.05) is 43.2 Å². The third-order valence-corrected chi connectivity index (χ3v) is 5.65. The second kappa shape index (κ2) is 10.2. The van der Waals surface area contributed by atoms with Crippen LogP contribution in [0.3, 0.4) is 0 Å². The highest BCUT2D eigenvalue weighted by atomic mass is 19.1. The molecule has 0 bridgehead atoms. The van der Waals surface area contributed by atoms with Crippen LogP contribution >= 0.6 is 0 Å². The van der Waals surface area contributed by atoms with Crippen LogP contribution in [-0.2, 0) is 11.2 Å². The van der Waals surface area contributed by atoms with Crippen LogP contribution in [-0.4, -0.2) is 24.9 Å². The van der Waals surface area contributed by atoms with Gasteiger partial charge in [-0.2, -0.15) is 0 Å². The van der Waals surface area contributed by atoms with Crippen LogP contribution in [0.4, 0.5) is 4.39 Å². The van der Waals surface area contributed by atoms with Crippen molar-refractivity contribution in [3.8, 4) is 0 Å². The first-order valence-corrected chi connectivity index (χ1v) is 10.6. The summed E-state index contributed by atoms with van der Waals surface area (Å²) in [7, 11) is 1.60. The number of hydrogen-bond acceptors (Lipinski definition) is 2. The SMILES string of the molecule is CNC(=O)c1ccc(CC/C=C(/C(=O)NC2CCCC2)c2c(C)cccc2F)cc1. The largest absolute Gasteiger partial charge is 0.355 e. The number of nitrogens with one attached hydrogen (secondary N) is 2. The molecule has 1 fully saturated rings. The molecule has 5 heteroatoms. The average molecular weight is 409 g/mol. The number of rotatable bonds is 7. The molecule has 1 aliphatic rings. The van der Waals surface area contributed by atoms with Crippen molar-refractivity contribution in [2.75, 3.05) is 7.05 Å². The van der Waals surface area contributed by atoms with Gasteiger partial charge in [0, 0.05) is 29.8 Å². The van der Waals surface area contributed by atoms with Gasteiger partial charge in [-0.25, -0.2) is 4.39 Å². The molecule has 0 unspecified atom stereocenters. The lowest BCUT2D eigenvalue weighted by Crippen LogP contribution is -2.33. The number of carbonyl (C=O) groups is 2. The number of allylic oxidation sites excluding steroid dienone is 1. The minimum atomic E-state index is -0.377. The lowest BCUT2D eigenvalue weighted by molar-refractivity contribution is -0.116. The van der Waals surface area contributed by atoms with Gasteiger partial charge >= 0.3 is 0 Å². The number of carbonyl (C=O) groups excluding carboxylic acids is 2. The Hall–Kier alpha value is -2.95. The Kier molecular flexibility index (Phi) is 7.39. The summed E-state index contributed by atoms with van der Waals surface area (Å²) in [6, 6.07) is 12.4. The molecule has 0 atom stereocenters. The minimum absolute atomic E-state index is 0.123. The number of benzene rings is 2. The highest BCUT2D eigenvalue weighted by Crippen LogP contribution is 2.25. The molecule has 4 nitrogen and oxygen atoms in total. The molecule has 0 aromatic heterocycles. The Bertz CT molecular complexity index is 908. The molecule has 0 aliphatic heterocycles. The summed E-state index contributed by atoms with van der Waals surface area (Å²) in [4.78, 5) is 24.7. The van der Waals surface area contributed by atoms with Crippen molar-refractivity contribution in [1.29, 1.82) is 0 Å². The third kappa shape index (κ3) is 5.35. The van der Waals surface area contributed by atoms with E-state index in [1.165, 1.54) is 6.07 Å². The predicted molar refractivity (Wildman–Crippen MR) is 118 cm³/mol. The summed E-state index contributed by atoms with van der Waals surface area (Å²) in [5.41, 5.74) is 3.19. The molecule has 1 aliphatic carbocycles. The van der Waals surface area contributed by atoms with Gasteiger partial charge < -0.3 is 10.6 Å². The highest BCUT2D eigenvalue weighted by Gasteiger charge is 2.22. The zero-order valence-electron chi connectivity index (χ0n) is 17.6. The van der Waals surface area contributed by atoms with Crippen molar-refractivity contribution in [3.05, 3.63) is 76.6 Å². The first kappa shape index (κ1) is 21.8. The van der Waals surface area contributed by atoms with Crippen LogP contribution in [0, 0.1) is 12.7 Å². The summed E-state index contributed by atoms with van der Waals surface area (Å²) in [5, 5.41) is 5.69. The van der Waals surface area contributed by atoms with E-state index in [-0.39, 0.29) is 23.7 Å². The van der Waals surface area contributed by atoms with Crippen molar-refractivity contribution < 1.29 is 14.0 Å². The maximum Gasteiger partial charge on any atom is 0.251 e. The van der Waals surface area contributed by atoms with Gasteiger partial charge in [-0.3, -0.25) is 9.59 Å². The van der Waals surface area contributed by atoms with E-state index in [2.05, 4.69) is 10.6 Å². The molecule has 0 saturated heterocycles. The predicted octanol–water partition coefficient (Wildman–Crippen LogP) is 4.57. The van der Waals surface area contributed by atoms with Gasteiger partial charge in [0.2, 0.25) is 0 Å². The number of hydrogen-bond donors (Lipinski definition) is 2. The smallest absolute Gasteiger partial charge is 0.251 e. The van der Waals surface area contributed by atoms with Crippen LogP contribution < -0.4 is 10.6 Å². The van der Waals surface area contributed by atoms with Crippen molar-refractivity contribution in [1.82, 2.24) is 10.6 Å². The molecule has 0 spiro atoms. The fraction of sp³-hybridized carbons (Fsp3) is 0.360. The summed E-state index contributed by atoms with van der Waals surface area (Å²) in [6.45, 7) is 1.83. The Morgan fingerprint density at radius 2 is 1.80 bits per heavy atom. The van der Waals surface area contributed by atoms with Gasteiger partial charge in [0.05, 0.1) is 0 Å². The molecule has 2 aromatic carbocycles. The molecular formula is C25H29FN2O2. The quantitative estimate of drug-likeness (QED) is 0.660. The molecule has 30 heavy (non-hydrogen) atoms. The van der Waals surface area contributed by atoms with Crippen LogP contribution in [0.2, 0.25) is 0 Å². The van der Waals surface area contributed by atoms with Gasteiger partial charge in [0.25, 0.3) is 11.8 Å². The van der Waals surface area contributed by atoms with Crippen molar-refractivity contribution in [2.45, 2.75) is 51.5 Å². The fourth-order valence-corrected chi connectivity index (χ4v) is 3.96. The van der Waals surface area contributed by atoms with E-state index < -0.39 is 0 Å². The number of aryl methyl sites for hydroxylation is 2. The Morgan fingerprint density at radius 3 is 2.43 bits per heavy atom. The Balaban J connectivity index is 1.78. The lowest BCUT2D eigenvalue weighted by atomic mass is 9.96. The molecule has 0 heterocycles. The first-order chi connectivity index (χ1) is 14.5. The molecular weight excluding hydrogens is 379 g/mol. The van der Waals surface area contributed by atoms with Crippen LogP contribution in [0.25, 0.3) is 5.57 Å². The van der Waals surface area contributed by atoms with Crippen LogP contribution in [0.5, 0.6) is 0 Å². The molecule has 1 saturated carbocycles. The molecule has 0 radical (unpaired) electrons. The Morgan fingerprint density at radius 1 is 1.10 bits per heavy atom. The van der Waals surface area contributed by atoms with Gasteiger partial charge in [0.15, 0.2) is 0 Å². The van der Waals surface area contributed by atoms with E-state index >= 15 is 0 Å². The Labute approximate surface area is 177 Å². The zero-order chi connectivity index (χ0) is 21.5. The van der Waals surface area contributed by atoms with Crippen LogP contribution in [0.1, 0.15) is 59.2 Å². The fourth-order valence-electron chi connectivity index (χ4n) is 3.96. The molecule has 2 N–H and O–H groups in total. The lowest BCUT2D eigenvalue weighted by Gasteiger charge is -2.16. The molecule has 158 valence electrons. The topological polar surface area (TPSA) is 58.2 Å². The van der Waals surface area contributed by atoms with Gasteiger partial charge in [-0.15, -0.1) is 0 Å². The average Bonchev–Trinajstić information content (AvgIpc) is 3.25. The van der Waals surface area contributed by atoms with Crippen molar-refractivity contribution in [2.24, 2.45) is 0 Å². The molecule has 2 amide bonds. The summed E-state index contributed by atoms with van der Waals surface area (Å²) in [5.74, 6) is -0.704. The van der Waals surface area contributed by atoms with Gasteiger partial charge in [-0.05, 0) is 61.9 Å². The summed E-state index contributed by atoms with van der Waals surface area (Å²) < 4.78 is 14.6. The van der Waals surface area contributed by atoms with E-state index in [4.69, 9.17) is 0 Å². The van der Waals surface area contributed by atoms with E-state index in [1.807, 2.05) is 31.2 Å². The summed E-state index contributed by atoms with van der Waals surface area (Å²) >= 11 is 0. The number of amides is 2. The van der Waals surface area contributed by atoms with E-state index in [0.717, 1.165) is 36.8 Å². The molecule has 3 rings (SSSR count). The standard InChI is InChI=1S/C25H29FN2O2/c1-17-7-5-12-22(26)23(17)21(25(30)28-20-9-3-4-10-20)11-6-8-18-13-15-19(16-14-18)24(29)27-2/h5,7,11-16,20H,3-4,6,8-10H2,1-2H3,(H,27,29)(H,28,30)/b21-11+. The zero-order valence-corrected chi connectivity index (χ0v) is 17.6. The van der Waals surface area contributed by atoms with E-state index in [9.17, 15) is 14.0 Å². The first-order valence-electron chi connectivity index (χ1n) is 10.6. The van der Waals surface area contributed by atoms with E-state index in [0.29, 0.717) is 29.5 Å². The summed E-state index contributed by atoms with van der Waals surface area (Å²) in [6.07, 6.45) is 7.33. The van der Waals surface area contributed by atoms with E-state index in [1.54, 1.807) is 25.2 Å². The molecule has 2 aromatic rings. The third-order valence-electron chi connectivity index (χ3n) is 5.65. The van der Waals surface area contributed by atoms with Gasteiger partial charge in [0.1, 0.15) is 5.82 Å². The van der Waals surface area contributed by atoms with Crippen LogP contribution in [0.15, 0.2) is 48.5 Å². The van der Waals surface area contributed by atoms with Crippen molar-refractivity contribution in [3.63, 3.8) is 0 Å². The maximum absolute atomic E-state index is 14.6.